The van der Waals surface area contributed by atoms with Crippen molar-refractivity contribution < 1.29 is 14.6 Å². The lowest BCUT2D eigenvalue weighted by molar-refractivity contribution is -0.138. The summed E-state index contributed by atoms with van der Waals surface area (Å²) < 4.78 is 5.41. The average Bonchev–Trinajstić information content (AvgIpc) is 3.29. The summed E-state index contributed by atoms with van der Waals surface area (Å²) in [6.07, 6.45) is 12.5. The van der Waals surface area contributed by atoms with E-state index in [0.29, 0.717) is 23.4 Å². The molecule has 0 amide bonds. The minimum Gasteiger partial charge on any atom is -0.497 e. The smallest absolute Gasteiger partial charge is 0.303 e. The molecule has 2 aromatic rings. The van der Waals surface area contributed by atoms with E-state index >= 15 is 0 Å². The number of likely N-dealkylation sites (tertiary alicyclic amines) is 1. The Labute approximate surface area is 196 Å². The number of carbonyl (C=O) groups is 1. The van der Waals surface area contributed by atoms with Crippen LogP contribution in [0.25, 0.3) is 10.9 Å². The molecule has 2 unspecified atom stereocenters. The molecule has 1 aliphatic heterocycles. The lowest BCUT2D eigenvalue weighted by Crippen LogP contribution is -2.45. The predicted molar refractivity (Wildman–Crippen MR) is 129 cm³/mol. The third-order valence-corrected chi connectivity index (χ3v) is 7.80. The van der Waals surface area contributed by atoms with Gasteiger partial charge in [-0.25, -0.2) is 0 Å². The van der Waals surface area contributed by atoms with Crippen LogP contribution in [0.5, 0.6) is 5.75 Å². The number of aryl methyl sites for hydroxylation is 1. The van der Waals surface area contributed by atoms with Crippen LogP contribution in [0, 0.1) is 11.8 Å². The first kappa shape index (κ1) is 23.3. The molecule has 1 aromatic carbocycles. The molecule has 1 aliphatic carbocycles. The van der Waals surface area contributed by atoms with Crippen molar-refractivity contribution in [3.05, 3.63) is 35.0 Å². The predicted octanol–water partition coefficient (Wildman–Crippen LogP) is 5.97. The number of rotatable bonds is 9. The molecule has 2 heterocycles. The molecule has 1 N–H and O–H groups in total. The third-order valence-electron chi connectivity index (χ3n) is 7.48. The first-order valence-corrected chi connectivity index (χ1v) is 12.5. The molecule has 6 heteroatoms. The monoisotopic (exact) mass is 458 g/mol. The summed E-state index contributed by atoms with van der Waals surface area (Å²) in [5.74, 6) is 1.27. The molecular weight excluding hydrogens is 424 g/mol. The molecule has 2 atom stereocenters. The van der Waals surface area contributed by atoms with Gasteiger partial charge in [-0.05, 0) is 87.1 Å². The molecule has 0 bridgehead atoms. The minimum absolute atomic E-state index is 0.298. The summed E-state index contributed by atoms with van der Waals surface area (Å²) in [4.78, 5) is 18.4. The van der Waals surface area contributed by atoms with E-state index in [-0.39, 0.29) is 0 Å². The van der Waals surface area contributed by atoms with Crippen LogP contribution in [0.2, 0.25) is 5.02 Å². The van der Waals surface area contributed by atoms with Gasteiger partial charge in [0.05, 0.1) is 17.6 Å². The second kappa shape index (κ2) is 10.8. The van der Waals surface area contributed by atoms with Crippen LogP contribution in [-0.2, 0) is 11.2 Å². The van der Waals surface area contributed by atoms with Gasteiger partial charge in [-0.2, -0.15) is 0 Å². The van der Waals surface area contributed by atoms with Crippen LogP contribution >= 0.6 is 11.6 Å². The van der Waals surface area contributed by atoms with Gasteiger partial charge in [-0.15, -0.1) is 0 Å². The number of fused-ring (bicyclic) bond motifs is 1. The number of benzene rings is 1. The van der Waals surface area contributed by atoms with E-state index in [2.05, 4.69) is 9.88 Å². The quantitative estimate of drug-likeness (QED) is 0.501. The summed E-state index contributed by atoms with van der Waals surface area (Å²) in [5.41, 5.74) is 2.07. The second-order valence-corrected chi connectivity index (χ2v) is 10.1. The molecular formula is C26H35ClN2O3. The lowest BCUT2D eigenvalue weighted by Gasteiger charge is -2.40. The highest BCUT2D eigenvalue weighted by Crippen LogP contribution is 2.34. The summed E-state index contributed by atoms with van der Waals surface area (Å²) >= 11 is 6.56. The summed E-state index contributed by atoms with van der Waals surface area (Å²) in [6, 6.07) is 6.41. The number of hydrogen-bond donors (Lipinski definition) is 1. The molecule has 174 valence electrons. The molecule has 0 spiro atoms. The number of carboxylic acid groups (broad SMARTS) is 1. The van der Waals surface area contributed by atoms with Gasteiger partial charge in [0, 0.05) is 30.6 Å². The number of nitrogens with zero attached hydrogens (tertiary/aromatic N) is 2. The number of hydrogen-bond acceptors (Lipinski definition) is 4. The van der Waals surface area contributed by atoms with E-state index in [1.807, 2.05) is 18.2 Å². The third kappa shape index (κ3) is 5.74. The second-order valence-electron chi connectivity index (χ2n) is 9.65. The van der Waals surface area contributed by atoms with Crippen molar-refractivity contribution in [1.82, 2.24) is 9.88 Å². The van der Waals surface area contributed by atoms with Gasteiger partial charge >= 0.3 is 5.97 Å². The van der Waals surface area contributed by atoms with Crippen molar-refractivity contribution in [2.45, 2.75) is 70.3 Å². The summed E-state index contributed by atoms with van der Waals surface area (Å²) in [6.45, 7) is 2.22. The van der Waals surface area contributed by atoms with Crippen LogP contribution in [0.3, 0.4) is 0 Å². The Balaban J connectivity index is 1.44. The van der Waals surface area contributed by atoms with Gasteiger partial charge in [0.25, 0.3) is 0 Å². The van der Waals surface area contributed by atoms with Gasteiger partial charge in [0.2, 0.25) is 0 Å². The van der Waals surface area contributed by atoms with E-state index in [4.69, 9.17) is 16.3 Å². The highest BCUT2D eigenvalue weighted by atomic mass is 35.5. The lowest BCUT2D eigenvalue weighted by atomic mass is 9.85. The maximum Gasteiger partial charge on any atom is 0.303 e. The van der Waals surface area contributed by atoms with Crippen LogP contribution in [0.1, 0.15) is 63.4 Å². The Morgan fingerprint density at radius 2 is 2.06 bits per heavy atom. The maximum atomic E-state index is 11.3. The molecule has 4 rings (SSSR count). The largest absolute Gasteiger partial charge is 0.497 e. The van der Waals surface area contributed by atoms with Gasteiger partial charge in [-0.1, -0.05) is 24.4 Å². The van der Waals surface area contributed by atoms with Crippen LogP contribution < -0.4 is 4.74 Å². The molecule has 1 saturated heterocycles. The van der Waals surface area contributed by atoms with Gasteiger partial charge in [0.15, 0.2) is 0 Å². The van der Waals surface area contributed by atoms with Crippen LogP contribution in [0.4, 0.5) is 0 Å². The van der Waals surface area contributed by atoms with Crippen LogP contribution in [-0.4, -0.2) is 47.2 Å². The zero-order valence-corrected chi connectivity index (χ0v) is 19.8. The van der Waals surface area contributed by atoms with Crippen molar-refractivity contribution in [1.29, 1.82) is 0 Å². The summed E-state index contributed by atoms with van der Waals surface area (Å²) in [5, 5.41) is 11.1. The van der Waals surface area contributed by atoms with E-state index in [0.717, 1.165) is 66.8 Å². The zero-order valence-electron chi connectivity index (χ0n) is 19.1. The first-order valence-electron chi connectivity index (χ1n) is 12.1. The Morgan fingerprint density at radius 1 is 1.25 bits per heavy atom. The Hall–Kier alpha value is -1.85. The van der Waals surface area contributed by atoms with Crippen molar-refractivity contribution in [2.75, 3.05) is 20.2 Å². The molecule has 5 nitrogen and oxygen atoms in total. The van der Waals surface area contributed by atoms with E-state index in [1.165, 1.54) is 32.2 Å². The Kier molecular flexibility index (Phi) is 7.90. The van der Waals surface area contributed by atoms with E-state index in [9.17, 15) is 9.90 Å². The van der Waals surface area contributed by atoms with E-state index < -0.39 is 5.97 Å². The normalized spacial score (nSPS) is 22.4. The fraction of sp³-hybridized carbons (Fsp3) is 0.615. The van der Waals surface area contributed by atoms with Gasteiger partial charge in [0.1, 0.15) is 5.75 Å². The molecule has 1 aromatic heterocycles. The molecule has 2 fully saturated rings. The fourth-order valence-corrected chi connectivity index (χ4v) is 6.02. The minimum atomic E-state index is -0.665. The average molecular weight is 459 g/mol. The molecule has 1 saturated carbocycles. The number of aromatic nitrogens is 1. The summed E-state index contributed by atoms with van der Waals surface area (Å²) in [7, 11) is 1.67. The zero-order chi connectivity index (χ0) is 22.5. The van der Waals surface area contributed by atoms with Gasteiger partial charge in [-0.3, -0.25) is 9.78 Å². The van der Waals surface area contributed by atoms with Gasteiger partial charge < -0.3 is 14.7 Å². The Morgan fingerprint density at radius 3 is 2.81 bits per heavy atom. The first-order chi connectivity index (χ1) is 15.5. The van der Waals surface area contributed by atoms with Crippen molar-refractivity contribution >= 4 is 28.5 Å². The maximum absolute atomic E-state index is 11.3. The number of methoxy groups -OCH3 is 1. The highest BCUT2D eigenvalue weighted by molar-refractivity contribution is 6.32. The molecule has 32 heavy (non-hydrogen) atoms. The van der Waals surface area contributed by atoms with E-state index in [1.54, 1.807) is 13.3 Å². The SMILES string of the molecule is COc1ccc2ncc(Cl)c(CCCC3CC(CC(=O)O)CCN3CC3CCCC3)c2c1. The number of pyridine rings is 1. The number of ether oxygens (including phenoxy) is 1. The molecule has 0 radical (unpaired) electrons. The van der Waals surface area contributed by atoms with Crippen molar-refractivity contribution in [2.24, 2.45) is 11.8 Å². The fourth-order valence-electron chi connectivity index (χ4n) is 5.78. The number of piperidine rings is 1. The number of aliphatic carboxylic acids is 1. The number of halogens is 1. The van der Waals surface area contributed by atoms with Crippen LogP contribution in [0.15, 0.2) is 24.4 Å². The molecule has 2 aliphatic rings. The Bertz CT molecular complexity index is 929. The standard InChI is InChI=1S/C26H35ClN2O3/c1-32-21-9-10-25-23(15-21)22(24(27)16-28-25)8-4-7-20-13-19(14-26(30)31)11-12-29(20)17-18-5-2-3-6-18/h9-10,15-16,18-20H,2-8,11-14,17H2,1H3,(H,30,31). The topological polar surface area (TPSA) is 62.7 Å². The van der Waals surface area contributed by atoms with Crippen molar-refractivity contribution in [3.8, 4) is 5.75 Å². The highest BCUT2D eigenvalue weighted by Gasteiger charge is 2.31. The number of carboxylic acids is 1. The van der Waals surface area contributed by atoms with Crippen molar-refractivity contribution in [3.63, 3.8) is 0 Å².